The minimum Gasteiger partial charge on any atom is -0.363 e. The Morgan fingerprint density at radius 3 is 2.95 bits per heavy atom. The molecular formula is C16H23N3O2S. The van der Waals surface area contributed by atoms with Gasteiger partial charge in [0.2, 0.25) is 5.91 Å². The first-order valence-corrected chi connectivity index (χ1v) is 8.67. The van der Waals surface area contributed by atoms with Crippen LogP contribution in [0.15, 0.2) is 24.2 Å². The lowest BCUT2D eigenvalue weighted by atomic mass is 9.82. The van der Waals surface area contributed by atoms with Crippen molar-refractivity contribution in [2.75, 3.05) is 26.2 Å². The molecule has 2 saturated heterocycles. The minimum absolute atomic E-state index is 0.0724. The molecule has 1 aromatic rings. The van der Waals surface area contributed by atoms with Gasteiger partial charge >= 0.3 is 0 Å². The van der Waals surface area contributed by atoms with Gasteiger partial charge in [-0.2, -0.15) is 0 Å². The van der Waals surface area contributed by atoms with Crippen molar-refractivity contribution in [1.82, 2.24) is 14.8 Å². The summed E-state index contributed by atoms with van der Waals surface area (Å²) in [6.45, 7) is 9.56. The van der Waals surface area contributed by atoms with Gasteiger partial charge in [0, 0.05) is 31.2 Å². The summed E-state index contributed by atoms with van der Waals surface area (Å²) >= 11 is 1.70. The number of nitrogens with zero attached hydrogens (tertiary/aromatic N) is 3. The predicted octanol–water partition coefficient (Wildman–Crippen LogP) is 1.91. The molecule has 1 spiro atoms. The smallest absolute Gasteiger partial charge is 0.249 e. The third kappa shape index (κ3) is 2.95. The van der Waals surface area contributed by atoms with Gasteiger partial charge in [0.05, 0.1) is 18.2 Å². The zero-order valence-corrected chi connectivity index (χ0v) is 13.8. The van der Waals surface area contributed by atoms with Crippen molar-refractivity contribution < 1.29 is 9.53 Å². The van der Waals surface area contributed by atoms with E-state index in [2.05, 4.69) is 23.4 Å². The fraction of sp³-hybridized carbons (Fsp3) is 0.625. The van der Waals surface area contributed by atoms with Crippen LogP contribution in [0, 0.1) is 0 Å². The summed E-state index contributed by atoms with van der Waals surface area (Å²) in [7, 11) is 0. The Bertz CT molecular complexity index is 524. The zero-order valence-electron chi connectivity index (χ0n) is 13.0. The van der Waals surface area contributed by atoms with Crippen LogP contribution < -0.4 is 0 Å². The molecule has 3 rings (SSSR count). The Morgan fingerprint density at radius 2 is 2.32 bits per heavy atom. The average Bonchev–Trinajstić information content (AvgIpc) is 3.03. The first-order chi connectivity index (χ1) is 10.6. The number of morpholine rings is 1. The molecular weight excluding hydrogens is 298 g/mol. The molecule has 0 unspecified atom stereocenters. The van der Waals surface area contributed by atoms with Crippen LogP contribution in [0.5, 0.6) is 0 Å². The van der Waals surface area contributed by atoms with E-state index in [4.69, 9.17) is 4.74 Å². The van der Waals surface area contributed by atoms with Gasteiger partial charge in [-0.05, 0) is 19.8 Å². The average molecular weight is 321 g/mol. The van der Waals surface area contributed by atoms with Crippen LogP contribution in [0.25, 0.3) is 0 Å². The van der Waals surface area contributed by atoms with E-state index in [0.717, 1.165) is 37.5 Å². The molecule has 3 heterocycles. The molecule has 2 aliphatic rings. The molecule has 5 nitrogen and oxygen atoms in total. The molecule has 0 bridgehead atoms. The molecule has 0 aromatic carbocycles. The number of carbonyl (C=O) groups excluding carboxylic acids is 1. The first kappa shape index (κ1) is 15.6. The number of carbonyl (C=O) groups is 1. The Labute approximate surface area is 135 Å². The number of aromatic nitrogens is 1. The van der Waals surface area contributed by atoms with Crippen LogP contribution in [-0.2, 0) is 16.1 Å². The predicted molar refractivity (Wildman–Crippen MR) is 86.7 cm³/mol. The highest BCUT2D eigenvalue weighted by atomic mass is 32.1. The lowest BCUT2D eigenvalue weighted by molar-refractivity contribution is -0.185. The highest BCUT2D eigenvalue weighted by Gasteiger charge is 2.47. The van der Waals surface area contributed by atoms with Crippen LogP contribution in [-0.4, -0.2) is 58.6 Å². The van der Waals surface area contributed by atoms with E-state index >= 15 is 0 Å². The molecule has 1 atom stereocenters. The van der Waals surface area contributed by atoms with Crippen molar-refractivity contribution in [3.05, 3.63) is 29.2 Å². The standard InChI is InChI=1S/C16H23N3O2S/c1-3-7-19-13(2)16(21-12-15(19)20)4-8-18(9-5-16)11-14-17-6-10-22-14/h3,6,10,13H,1,4-5,7-9,11-12H2,2H3/t13-/m0/s1. The van der Waals surface area contributed by atoms with E-state index in [1.54, 1.807) is 17.4 Å². The van der Waals surface area contributed by atoms with Crippen LogP contribution in [0.1, 0.15) is 24.8 Å². The second kappa shape index (κ2) is 6.48. The van der Waals surface area contributed by atoms with E-state index < -0.39 is 0 Å². The normalized spacial score (nSPS) is 25.6. The van der Waals surface area contributed by atoms with Crippen LogP contribution >= 0.6 is 11.3 Å². The van der Waals surface area contributed by atoms with Crippen molar-refractivity contribution in [3.8, 4) is 0 Å². The lowest BCUT2D eigenvalue weighted by Gasteiger charge is -2.51. The summed E-state index contributed by atoms with van der Waals surface area (Å²) in [5.74, 6) is 0.0724. The number of thiazole rings is 1. The number of amides is 1. The minimum atomic E-state index is -0.198. The highest BCUT2D eigenvalue weighted by molar-refractivity contribution is 7.09. The van der Waals surface area contributed by atoms with Crippen LogP contribution in [0.3, 0.4) is 0 Å². The Balaban J connectivity index is 1.63. The summed E-state index contributed by atoms with van der Waals surface area (Å²) in [5.41, 5.74) is -0.198. The third-order valence-electron chi connectivity index (χ3n) is 4.90. The molecule has 1 amide bonds. The maximum atomic E-state index is 12.0. The number of likely N-dealkylation sites (tertiary alicyclic amines) is 1. The van der Waals surface area contributed by atoms with E-state index in [0.29, 0.717) is 6.54 Å². The van der Waals surface area contributed by atoms with Gasteiger partial charge in [-0.1, -0.05) is 6.08 Å². The van der Waals surface area contributed by atoms with Crippen molar-refractivity contribution in [2.24, 2.45) is 0 Å². The molecule has 2 fully saturated rings. The van der Waals surface area contributed by atoms with E-state index in [9.17, 15) is 4.79 Å². The topological polar surface area (TPSA) is 45.7 Å². The molecule has 6 heteroatoms. The van der Waals surface area contributed by atoms with Crippen molar-refractivity contribution in [3.63, 3.8) is 0 Å². The summed E-state index contributed by atoms with van der Waals surface area (Å²) < 4.78 is 6.03. The van der Waals surface area contributed by atoms with Gasteiger partial charge in [0.15, 0.2) is 0 Å². The SMILES string of the molecule is C=CCN1C(=O)COC2(CCN(Cc3nccs3)CC2)[C@@H]1C. The van der Waals surface area contributed by atoms with Crippen LogP contribution in [0.4, 0.5) is 0 Å². The van der Waals surface area contributed by atoms with E-state index in [-0.39, 0.29) is 24.2 Å². The lowest BCUT2D eigenvalue weighted by Crippen LogP contribution is -2.63. The number of rotatable bonds is 4. The molecule has 0 aliphatic carbocycles. The first-order valence-electron chi connectivity index (χ1n) is 7.80. The number of ether oxygens (including phenoxy) is 1. The fourth-order valence-electron chi connectivity index (χ4n) is 3.48. The van der Waals surface area contributed by atoms with Gasteiger partial charge < -0.3 is 9.64 Å². The van der Waals surface area contributed by atoms with Crippen molar-refractivity contribution in [1.29, 1.82) is 0 Å². The van der Waals surface area contributed by atoms with Crippen molar-refractivity contribution in [2.45, 2.75) is 38.0 Å². The number of piperidine rings is 1. The van der Waals surface area contributed by atoms with Gasteiger partial charge in [0.1, 0.15) is 11.6 Å². The molecule has 1 aromatic heterocycles. The largest absolute Gasteiger partial charge is 0.363 e. The van der Waals surface area contributed by atoms with Gasteiger partial charge in [0.25, 0.3) is 0 Å². The second-order valence-corrected chi connectivity index (χ2v) is 7.05. The summed E-state index contributed by atoms with van der Waals surface area (Å²) in [6.07, 6.45) is 5.57. The Kier molecular flexibility index (Phi) is 4.61. The monoisotopic (exact) mass is 321 g/mol. The maximum absolute atomic E-state index is 12.0. The molecule has 120 valence electrons. The summed E-state index contributed by atoms with van der Waals surface area (Å²) in [5, 5.41) is 3.18. The van der Waals surface area contributed by atoms with E-state index in [1.807, 2.05) is 16.5 Å². The van der Waals surface area contributed by atoms with Gasteiger partial charge in [-0.3, -0.25) is 9.69 Å². The van der Waals surface area contributed by atoms with Gasteiger partial charge in [-0.15, -0.1) is 17.9 Å². The number of hydrogen-bond donors (Lipinski definition) is 0. The van der Waals surface area contributed by atoms with Crippen LogP contribution in [0.2, 0.25) is 0 Å². The molecule has 22 heavy (non-hydrogen) atoms. The molecule has 0 N–H and O–H groups in total. The summed E-state index contributed by atoms with van der Waals surface area (Å²) in [4.78, 5) is 20.7. The third-order valence-corrected chi connectivity index (χ3v) is 5.67. The fourth-order valence-corrected chi connectivity index (χ4v) is 4.14. The summed E-state index contributed by atoms with van der Waals surface area (Å²) in [6, 6.07) is 0.105. The number of hydrogen-bond acceptors (Lipinski definition) is 5. The van der Waals surface area contributed by atoms with E-state index in [1.165, 1.54) is 0 Å². The molecule has 2 aliphatic heterocycles. The quantitative estimate of drug-likeness (QED) is 0.795. The zero-order chi connectivity index (χ0) is 15.6. The maximum Gasteiger partial charge on any atom is 0.249 e. The second-order valence-electron chi connectivity index (χ2n) is 6.07. The van der Waals surface area contributed by atoms with Crippen molar-refractivity contribution >= 4 is 17.2 Å². The Hall–Kier alpha value is -1.24. The highest BCUT2D eigenvalue weighted by Crippen LogP contribution is 2.36. The molecule has 0 radical (unpaired) electrons. The van der Waals surface area contributed by atoms with Gasteiger partial charge in [-0.25, -0.2) is 4.98 Å². The Morgan fingerprint density at radius 1 is 1.55 bits per heavy atom. The molecule has 0 saturated carbocycles.